The van der Waals surface area contributed by atoms with Gasteiger partial charge in [0.2, 0.25) is 5.88 Å². The van der Waals surface area contributed by atoms with Gasteiger partial charge in [0.05, 0.1) is 0 Å². The van der Waals surface area contributed by atoms with Crippen molar-refractivity contribution in [3.8, 4) is 28.5 Å². The van der Waals surface area contributed by atoms with Crippen molar-refractivity contribution in [2.24, 2.45) is 0 Å². The van der Waals surface area contributed by atoms with Crippen LogP contribution in [0.2, 0.25) is 5.02 Å². The predicted molar refractivity (Wildman–Crippen MR) is 149 cm³/mol. The number of nitrogens with one attached hydrogen (secondary N) is 3. The van der Waals surface area contributed by atoms with E-state index in [0.717, 1.165) is 16.7 Å². The van der Waals surface area contributed by atoms with Gasteiger partial charge in [0.15, 0.2) is 0 Å². The van der Waals surface area contributed by atoms with Crippen LogP contribution in [0.4, 0.5) is 5.88 Å². The van der Waals surface area contributed by atoms with Gasteiger partial charge in [-0.25, -0.2) is 5.43 Å². The van der Waals surface area contributed by atoms with E-state index in [9.17, 15) is 10.1 Å². The minimum atomic E-state index is -0.648. The number of carbonyl (C=O) groups is 1. The zero-order chi connectivity index (χ0) is 26.3. The molecule has 0 spiro atoms. The Labute approximate surface area is 225 Å². The smallest absolute Gasteiger partial charge is 0.265 e. The van der Waals surface area contributed by atoms with E-state index in [1.165, 1.54) is 0 Å². The summed E-state index contributed by atoms with van der Waals surface area (Å²) in [6.07, 6.45) is -0.648. The highest BCUT2D eigenvalue weighted by molar-refractivity contribution is 6.30. The molecule has 0 saturated heterocycles. The molecule has 1 atom stereocenters. The summed E-state index contributed by atoms with van der Waals surface area (Å²) in [5, 5.41) is 14.1. The van der Waals surface area contributed by atoms with Crippen LogP contribution in [0.3, 0.4) is 0 Å². The largest absolute Gasteiger partial charge is 0.439 e. The van der Waals surface area contributed by atoms with Gasteiger partial charge in [0.25, 0.3) is 5.91 Å². The molecule has 7 heteroatoms. The first-order valence-corrected chi connectivity index (χ1v) is 12.3. The first-order chi connectivity index (χ1) is 18.6. The molecular formula is C31H23ClN4O2. The van der Waals surface area contributed by atoms with Gasteiger partial charge < -0.3 is 9.73 Å². The first-order valence-electron chi connectivity index (χ1n) is 11.9. The standard InChI is InChI=1S/C31H23ClN4O2/c32-25-18-16-23(17-19-25)29(35-36-30(37)24-14-8-3-9-15-24)34-31-26(20-33)27(21-10-4-1-5-11-21)28(38-31)22-12-6-2-7-13-22/h1-19,29,34-35H,(H,36,37)/t29-/m0/s1. The fourth-order valence-corrected chi connectivity index (χ4v) is 4.23. The summed E-state index contributed by atoms with van der Waals surface area (Å²) in [7, 11) is 0. The fraction of sp³-hybridized carbons (Fsp3) is 0.0323. The van der Waals surface area contributed by atoms with Crippen molar-refractivity contribution < 1.29 is 9.21 Å². The Bertz CT molecular complexity index is 1560. The molecular weight excluding hydrogens is 496 g/mol. The van der Waals surface area contributed by atoms with Crippen LogP contribution in [-0.2, 0) is 0 Å². The lowest BCUT2D eigenvalue weighted by Crippen LogP contribution is -2.42. The van der Waals surface area contributed by atoms with E-state index in [1.54, 1.807) is 36.4 Å². The third-order valence-corrected chi connectivity index (χ3v) is 6.22. The number of hydrogen-bond donors (Lipinski definition) is 3. The van der Waals surface area contributed by atoms with Crippen molar-refractivity contribution in [2.45, 2.75) is 6.17 Å². The van der Waals surface area contributed by atoms with Gasteiger partial charge in [0, 0.05) is 21.7 Å². The molecule has 4 aromatic carbocycles. The summed E-state index contributed by atoms with van der Waals surface area (Å²) in [6, 6.07) is 37.6. The van der Waals surface area contributed by atoms with Crippen LogP contribution in [0, 0.1) is 11.3 Å². The van der Waals surface area contributed by atoms with Gasteiger partial charge in [-0.2, -0.15) is 5.26 Å². The molecule has 186 valence electrons. The Hall–Kier alpha value is -4.83. The molecule has 1 amide bonds. The summed E-state index contributed by atoms with van der Waals surface area (Å²) >= 11 is 6.12. The lowest BCUT2D eigenvalue weighted by molar-refractivity contribution is 0.0927. The maximum Gasteiger partial charge on any atom is 0.265 e. The molecule has 0 radical (unpaired) electrons. The van der Waals surface area contributed by atoms with Gasteiger partial charge in [0.1, 0.15) is 23.6 Å². The van der Waals surface area contributed by atoms with Gasteiger partial charge in [-0.05, 0) is 35.4 Å². The molecule has 5 aromatic rings. The van der Waals surface area contributed by atoms with Crippen LogP contribution in [-0.4, -0.2) is 5.91 Å². The maximum atomic E-state index is 12.7. The number of amides is 1. The molecule has 0 aliphatic rings. The van der Waals surface area contributed by atoms with Crippen LogP contribution in [0.15, 0.2) is 120 Å². The zero-order valence-corrected chi connectivity index (χ0v) is 20.9. The second-order valence-electron chi connectivity index (χ2n) is 8.45. The van der Waals surface area contributed by atoms with E-state index in [4.69, 9.17) is 16.0 Å². The molecule has 0 aliphatic carbocycles. The highest BCUT2D eigenvalue weighted by atomic mass is 35.5. The predicted octanol–water partition coefficient (Wildman–Crippen LogP) is 7.18. The number of furan rings is 1. The third-order valence-electron chi connectivity index (χ3n) is 5.96. The van der Waals surface area contributed by atoms with E-state index in [2.05, 4.69) is 22.2 Å². The number of nitrogens with zero attached hydrogens (tertiary/aromatic N) is 1. The highest BCUT2D eigenvalue weighted by Gasteiger charge is 2.25. The molecule has 38 heavy (non-hydrogen) atoms. The fourth-order valence-electron chi connectivity index (χ4n) is 4.10. The van der Waals surface area contributed by atoms with E-state index >= 15 is 0 Å². The number of hydrazine groups is 1. The normalized spacial score (nSPS) is 11.4. The minimum Gasteiger partial charge on any atom is -0.439 e. The molecule has 0 aliphatic heterocycles. The summed E-state index contributed by atoms with van der Waals surface area (Å²) < 4.78 is 6.33. The molecule has 0 saturated carbocycles. The van der Waals surface area contributed by atoms with Crippen LogP contribution in [0.1, 0.15) is 27.7 Å². The second-order valence-corrected chi connectivity index (χ2v) is 8.88. The Morgan fingerprint density at radius 1 is 0.789 bits per heavy atom. The quantitative estimate of drug-likeness (QED) is 0.149. The van der Waals surface area contributed by atoms with Crippen LogP contribution in [0.25, 0.3) is 22.5 Å². The summed E-state index contributed by atoms with van der Waals surface area (Å²) in [6.45, 7) is 0. The minimum absolute atomic E-state index is 0.270. The number of anilines is 1. The van der Waals surface area contributed by atoms with Gasteiger partial charge in [-0.15, -0.1) is 0 Å². The molecule has 6 nitrogen and oxygen atoms in total. The second kappa shape index (κ2) is 11.5. The zero-order valence-electron chi connectivity index (χ0n) is 20.2. The van der Waals surface area contributed by atoms with Gasteiger partial charge in [-0.3, -0.25) is 10.2 Å². The third kappa shape index (κ3) is 5.45. The van der Waals surface area contributed by atoms with Crippen molar-refractivity contribution in [1.82, 2.24) is 10.9 Å². The van der Waals surface area contributed by atoms with Crippen LogP contribution < -0.4 is 16.2 Å². The monoisotopic (exact) mass is 518 g/mol. The molecule has 0 fully saturated rings. The highest BCUT2D eigenvalue weighted by Crippen LogP contribution is 2.42. The number of benzene rings is 4. The first kappa shape index (κ1) is 24.8. The van der Waals surface area contributed by atoms with E-state index in [-0.39, 0.29) is 11.8 Å². The lowest BCUT2D eigenvalue weighted by Gasteiger charge is -2.21. The maximum absolute atomic E-state index is 12.7. The average molecular weight is 519 g/mol. The number of carbonyl (C=O) groups excluding carboxylic acids is 1. The summed E-state index contributed by atoms with van der Waals surface area (Å²) in [5.41, 5.74) is 9.79. The van der Waals surface area contributed by atoms with Crippen molar-refractivity contribution in [2.75, 3.05) is 5.32 Å². The Balaban J connectivity index is 1.54. The molecule has 0 unspecified atom stereocenters. The lowest BCUT2D eigenvalue weighted by atomic mass is 9.98. The molecule has 1 aromatic heterocycles. The summed E-state index contributed by atoms with van der Waals surface area (Å²) in [5.74, 6) is 0.534. The number of halogens is 1. The summed E-state index contributed by atoms with van der Waals surface area (Å²) in [4.78, 5) is 12.7. The van der Waals surface area contributed by atoms with Crippen molar-refractivity contribution in [1.29, 1.82) is 5.26 Å². The van der Waals surface area contributed by atoms with Crippen molar-refractivity contribution >= 4 is 23.4 Å². The van der Waals surface area contributed by atoms with Crippen molar-refractivity contribution in [3.63, 3.8) is 0 Å². The Morgan fingerprint density at radius 2 is 1.37 bits per heavy atom. The van der Waals surface area contributed by atoms with Crippen LogP contribution >= 0.6 is 11.6 Å². The number of nitriles is 1. The van der Waals surface area contributed by atoms with E-state index in [0.29, 0.717) is 27.5 Å². The topological polar surface area (TPSA) is 90.1 Å². The molecule has 0 bridgehead atoms. The molecule has 1 heterocycles. The number of hydrogen-bond acceptors (Lipinski definition) is 5. The van der Waals surface area contributed by atoms with Crippen LogP contribution in [0.5, 0.6) is 0 Å². The Morgan fingerprint density at radius 3 is 1.97 bits per heavy atom. The Kier molecular flexibility index (Phi) is 7.51. The molecule has 3 N–H and O–H groups in total. The van der Waals surface area contributed by atoms with Gasteiger partial charge >= 0.3 is 0 Å². The van der Waals surface area contributed by atoms with E-state index in [1.807, 2.05) is 78.9 Å². The van der Waals surface area contributed by atoms with Gasteiger partial charge in [-0.1, -0.05) is 103 Å². The SMILES string of the molecule is N#Cc1c(N[C@@H](NNC(=O)c2ccccc2)c2ccc(Cl)cc2)oc(-c2ccccc2)c1-c1ccccc1. The van der Waals surface area contributed by atoms with Crippen molar-refractivity contribution in [3.05, 3.63) is 137 Å². The number of rotatable bonds is 8. The molecule has 5 rings (SSSR count). The van der Waals surface area contributed by atoms with E-state index < -0.39 is 6.17 Å². The average Bonchev–Trinajstić information content (AvgIpc) is 3.35.